The van der Waals surface area contributed by atoms with Crippen LogP contribution in [0.4, 0.5) is 0 Å². The molecule has 2 rings (SSSR count). The number of nitrogens with zero attached hydrogens (tertiary/aromatic N) is 1. The van der Waals surface area contributed by atoms with E-state index in [-0.39, 0.29) is 11.7 Å². The zero-order chi connectivity index (χ0) is 10.8. The third-order valence-corrected chi connectivity index (χ3v) is 4.22. The molecule has 0 spiro atoms. The van der Waals surface area contributed by atoms with Crippen molar-refractivity contribution in [1.82, 2.24) is 4.98 Å². The smallest absolute Gasteiger partial charge is 0.196 e. The molecule has 0 amide bonds. The lowest BCUT2D eigenvalue weighted by Crippen LogP contribution is -2.01. The molecule has 2 atom stereocenters. The Morgan fingerprint density at radius 2 is 2.47 bits per heavy atom. The first-order valence-corrected chi connectivity index (χ1v) is 6.66. The minimum atomic E-state index is -0.0646. The molecular formula is C11H14ClNOS. The van der Waals surface area contributed by atoms with Crippen LogP contribution in [-0.2, 0) is 0 Å². The van der Waals surface area contributed by atoms with Gasteiger partial charge in [0.25, 0.3) is 0 Å². The second kappa shape index (κ2) is 4.62. The molecule has 0 saturated heterocycles. The van der Waals surface area contributed by atoms with Gasteiger partial charge in [0.2, 0.25) is 0 Å². The molecular weight excluding hydrogens is 230 g/mol. The molecule has 0 aliphatic heterocycles. The fourth-order valence-electron chi connectivity index (χ4n) is 2.10. The zero-order valence-electron chi connectivity index (χ0n) is 8.70. The number of halogens is 1. The second-order valence-corrected chi connectivity index (χ2v) is 5.40. The first kappa shape index (κ1) is 11.1. The molecule has 0 aromatic carbocycles. The molecule has 1 fully saturated rings. The predicted octanol–water partition coefficient (Wildman–Crippen LogP) is 3.47. The van der Waals surface area contributed by atoms with E-state index in [9.17, 15) is 4.79 Å². The van der Waals surface area contributed by atoms with Crippen LogP contribution in [0.25, 0.3) is 0 Å². The van der Waals surface area contributed by atoms with Gasteiger partial charge < -0.3 is 0 Å². The van der Waals surface area contributed by atoms with E-state index < -0.39 is 0 Å². The minimum absolute atomic E-state index is 0.0320. The Labute approximate surface area is 98.7 Å². The Morgan fingerprint density at radius 1 is 1.67 bits per heavy atom. The molecule has 2 nitrogen and oxygen atoms in total. The lowest BCUT2D eigenvalue weighted by Gasteiger charge is -2.03. The van der Waals surface area contributed by atoms with Gasteiger partial charge in [0.1, 0.15) is 5.69 Å². The summed E-state index contributed by atoms with van der Waals surface area (Å²) < 4.78 is 0. The summed E-state index contributed by atoms with van der Waals surface area (Å²) in [5, 5.41) is 2.95. The highest BCUT2D eigenvalue weighted by Gasteiger charge is 2.25. The second-order valence-electron chi connectivity index (χ2n) is 4.24. The van der Waals surface area contributed by atoms with E-state index in [0.717, 1.165) is 10.9 Å². The number of hydrogen-bond acceptors (Lipinski definition) is 3. The third-order valence-electron chi connectivity index (χ3n) is 2.97. The number of carbonyl (C=O) groups is 1. The third kappa shape index (κ3) is 2.40. The topological polar surface area (TPSA) is 30.0 Å². The van der Waals surface area contributed by atoms with E-state index in [2.05, 4.69) is 11.9 Å². The van der Waals surface area contributed by atoms with Gasteiger partial charge in [0.05, 0.1) is 10.9 Å². The molecule has 1 heterocycles. The van der Waals surface area contributed by atoms with Crippen LogP contribution in [-0.4, -0.2) is 16.6 Å². The van der Waals surface area contributed by atoms with E-state index in [4.69, 9.17) is 11.6 Å². The maximum Gasteiger partial charge on any atom is 0.196 e. The van der Waals surface area contributed by atoms with Gasteiger partial charge >= 0.3 is 0 Å². The first-order valence-electron chi connectivity index (χ1n) is 5.25. The highest BCUT2D eigenvalue weighted by molar-refractivity contribution is 7.10. The summed E-state index contributed by atoms with van der Waals surface area (Å²) in [6.45, 7) is 2.28. The Hall–Kier alpha value is -0.410. The summed E-state index contributed by atoms with van der Waals surface area (Å²) in [6, 6.07) is 0. The van der Waals surface area contributed by atoms with Crippen LogP contribution >= 0.6 is 22.9 Å². The van der Waals surface area contributed by atoms with Crippen molar-refractivity contribution in [3.8, 4) is 0 Å². The van der Waals surface area contributed by atoms with Gasteiger partial charge in [-0.1, -0.05) is 13.3 Å². The molecule has 0 radical (unpaired) electrons. The monoisotopic (exact) mass is 243 g/mol. The van der Waals surface area contributed by atoms with E-state index in [0.29, 0.717) is 11.6 Å². The molecule has 1 aromatic heterocycles. The van der Waals surface area contributed by atoms with Crippen molar-refractivity contribution in [2.24, 2.45) is 5.92 Å². The molecule has 4 heteroatoms. The summed E-state index contributed by atoms with van der Waals surface area (Å²) in [5.74, 6) is 1.34. The van der Waals surface area contributed by atoms with Gasteiger partial charge in [0.15, 0.2) is 5.78 Å². The van der Waals surface area contributed by atoms with E-state index in [1.54, 1.807) is 11.3 Å². The number of ketones is 1. The fraction of sp³-hybridized carbons (Fsp3) is 0.636. The summed E-state index contributed by atoms with van der Waals surface area (Å²) in [7, 11) is 0. The number of hydrogen-bond donors (Lipinski definition) is 0. The van der Waals surface area contributed by atoms with Gasteiger partial charge in [-0.2, -0.15) is 0 Å². The number of thiazole rings is 1. The van der Waals surface area contributed by atoms with E-state index in [1.807, 2.05) is 5.38 Å². The summed E-state index contributed by atoms with van der Waals surface area (Å²) in [4.78, 5) is 15.7. The van der Waals surface area contributed by atoms with Crippen LogP contribution in [0.3, 0.4) is 0 Å². The van der Waals surface area contributed by atoms with Crippen molar-refractivity contribution in [2.45, 2.75) is 32.1 Å². The minimum Gasteiger partial charge on any atom is -0.291 e. The van der Waals surface area contributed by atoms with Crippen molar-refractivity contribution < 1.29 is 4.79 Å². The number of rotatable bonds is 3. The van der Waals surface area contributed by atoms with Gasteiger partial charge in [-0.15, -0.1) is 22.9 Å². The Bertz CT molecular complexity index is 363. The van der Waals surface area contributed by atoms with Gasteiger partial charge in [0, 0.05) is 11.3 Å². The Kier molecular flexibility index (Phi) is 3.42. The maximum atomic E-state index is 11.3. The molecule has 0 bridgehead atoms. The highest BCUT2D eigenvalue weighted by Crippen LogP contribution is 2.39. The lowest BCUT2D eigenvalue weighted by molar-refractivity contribution is 0.101. The number of Topliss-reactive ketones (excluding diaryl/α,β-unsaturated/α-hetero) is 1. The molecule has 1 aromatic rings. The quantitative estimate of drug-likeness (QED) is 0.601. The Morgan fingerprint density at radius 3 is 3.07 bits per heavy atom. The van der Waals surface area contributed by atoms with E-state index >= 15 is 0 Å². The molecule has 15 heavy (non-hydrogen) atoms. The van der Waals surface area contributed by atoms with Crippen LogP contribution in [0, 0.1) is 5.92 Å². The van der Waals surface area contributed by atoms with Crippen molar-refractivity contribution >= 4 is 28.7 Å². The van der Waals surface area contributed by atoms with Gasteiger partial charge in [-0.25, -0.2) is 4.98 Å². The van der Waals surface area contributed by atoms with Gasteiger partial charge in [-0.3, -0.25) is 4.79 Å². The predicted molar refractivity (Wildman–Crippen MR) is 62.9 cm³/mol. The van der Waals surface area contributed by atoms with E-state index in [1.165, 1.54) is 19.3 Å². The fourth-order valence-corrected chi connectivity index (χ4v) is 3.21. The normalized spacial score (nSPS) is 25.7. The van der Waals surface area contributed by atoms with Crippen molar-refractivity contribution in [1.29, 1.82) is 0 Å². The standard InChI is InChI=1S/C11H14ClNOS/c1-7-2-3-8(4-7)11-13-9(6-15-11)10(14)5-12/h6-8H,2-5H2,1H3. The van der Waals surface area contributed by atoms with Crippen molar-refractivity contribution in [2.75, 3.05) is 5.88 Å². The SMILES string of the molecule is CC1CCC(c2nc(C(=O)CCl)cs2)C1. The maximum absolute atomic E-state index is 11.3. The average Bonchev–Trinajstić information content (AvgIpc) is 2.84. The number of carbonyl (C=O) groups excluding carboxylic acids is 1. The first-order chi connectivity index (χ1) is 7.20. The van der Waals surface area contributed by atoms with Crippen molar-refractivity contribution in [3.63, 3.8) is 0 Å². The molecule has 1 aliphatic carbocycles. The molecule has 0 N–H and O–H groups in total. The highest BCUT2D eigenvalue weighted by atomic mass is 35.5. The van der Waals surface area contributed by atoms with Crippen LogP contribution in [0.5, 0.6) is 0 Å². The summed E-state index contributed by atoms with van der Waals surface area (Å²) in [6.07, 6.45) is 3.70. The summed E-state index contributed by atoms with van der Waals surface area (Å²) >= 11 is 7.10. The summed E-state index contributed by atoms with van der Waals surface area (Å²) in [5.41, 5.74) is 0.546. The van der Waals surface area contributed by atoms with Crippen LogP contribution in [0.15, 0.2) is 5.38 Å². The molecule has 82 valence electrons. The van der Waals surface area contributed by atoms with Crippen LogP contribution in [0.1, 0.15) is 47.6 Å². The van der Waals surface area contributed by atoms with Crippen LogP contribution in [0.2, 0.25) is 0 Å². The number of alkyl halides is 1. The molecule has 2 unspecified atom stereocenters. The molecule has 1 aliphatic rings. The van der Waals surface area contributed by atoms with Crippen LogP contribution < -0.4 is 0 Å². The number of aromatic nitrogens is 1. The largest absolute Gasteiger partial charge is 0.291 e. The zero-order valence-corrected chi connectivity index (χ0v) is 10.3. The molecule has 1 saturated carbocycles. The lowest BCUT2D eigenvalue weighted by atomic mass is 10.1. The van der Waals surface area contributed by atoms with Gasteiger partial charge in [-0.05, 0) is 18.8 Å². The average molecular weight is 244 g/mol. The van der Waals surface area contributed by atoms with Crippen molar-refractivity contribution in [3.05, 3.63) is 16.1 Å². The Balaban J connectivity index is 2.10.